The molecule has 1 atom stereocenters. The molecular weight excluding hydrogens is 352 g/mol. The van der Waals surface area contributed by atoms with E-state index in [1.165, 1.54) is 5.56 Å². The Labute approximate surface area is 158 Å². The monoisotopic (exact) mass is 374 g/mol. The number of nitrogens with one attached hydrogen (secondary N) is 1. The van der Waals surface area contributed by atoms with Gasteiger partial charge in [-0.1, -0.05) is 17.7 Å². The van der Waals surface area contributed by atoms with Gasteiger partial charge in [0.05, 0.1) is 20.3 Å². The van der Waals surface area contributed by atoms with Gasteiger partial charge >= 0.3 is 0 Å². The van der Waals surface area contributed by atoms with E-state index in [1.54, 1.807) is 26.4 Å². The summed E-state index contributed by atoms with van der Waals surface area (Å²) >= 11 is 5.98. The number of benzene rings is 2. The van der Waals surface area contributed by atoms with E-state index in [1.807, 2.05) is 31.2 Å². The van der Waals surface area contributed by atoms with Crippen molar-refractivity contribution >= 4 is 23.2 Å². The number of nitrogens with zero attached hydrogens (tertiary/aromatic N) is 1. The summed E-state index contributed by atoms with van der Waals surface area (Å²) in [6.45, 7) is 3.43. The first-order chi connectivity index (χ1) is 12.5. The highest BCUT2D eigenvalue weighted by molar-refractivity contribution is 6.30. The fourth-order valence-electron chi connectivity index (χ4n) is 3.21. The Balaban J connectivity index is 1.72. The highest BCUT2D eigenvalue weighted by atomic mass is 35.5. The van der Waals surface area contributed by atoms with Crippen molar-refractivity contribution in [1.29, 1.82) is 0 Å². The van der Waals surface area contributed by atoms with Crippen molar-refractivity contribution in [2.75, 3.05) is 26.1 Å². The first kappa shape index (κ1) is 18.5. The molecule has 0 aliphatic carbocycles. The lowest BCUT2D eigenvalue weighted by atomic mass is 9.97. The van der Waals surface area contributed by atoms with Gasteiger partial charge in [-0.3, -0.25) is 9.69 Å². The van der Waals surface area contributed by atoms with Crippen LogP contribution in [-0.4, -0.2) is 37.6 Å². The highest BCUT2D eigenvalue weighted by Crippen LogP contribution is 2.33. The minimum absolute atomic E-state index is 0.0452. The predicted molar refractivity (Wildman–Crippen MR) is 103 cm³/mol. The second-order valence-electron chi connectivity index (χ2n) is 6.37. The van der Waals surface area contributed by atoms with E-state index in [-0.39, 0.29) is 11.9 Å². The number of ether oxygens (including phenoxy) is 2. The fourth-order valence-corrected chi connectivity index (χ4v) is 3.40. The second-order valence-corrected chi connectivity index (χ2v) is 6.81. The molecule has 0 saturated heterocycles. The summed E-state index contributed by atoms with van der Waals surface area (Å²) in [5.74, 6) is 1.41. The van der Waals surface area contributed by atoms with E-state index in [9.17, 15) is 4.79 Å². The zero-order valence-electron chi connectivity index (χ0n) is 15.2. The van der Waals surface area contributed by atoms with E-state index in [2.05, 4.69) is 10.2 Å². The van der Waals surface area contributed by atoms with Crippen LogP contribution in [-0.2, 0) is 17.8 Å². The molecule has 26 heavy (non-hydrogen) atoms. The van der Waals surface area contributed by atoms with Crippen LogP contribution in [0.2, 0.25) is 5.02 Å². The van der Waals surface area contributed by atoms with Gasteiger partial charge in [-0.15, -0.1) is 0 Å². The summed E-state index contributed by atoms with van der Waals surface area (Å²) in [6.07, 6.45) is 0.866. The molecule has 0 radical (unpaired) electrons. The summed E-state index contributed by atoms with van der Waals surface area (Å²) in [7, 11) is 3.27. The molecule has 3 rings (SSSR count). The predicted octanol–water partition coefficient (Wildman–Crippen LogP) is 3.74. The molecule has 0 spiro atoms. The van der Waals surface area contributed by atoms with Crippen LogP contribution in [0.25, 0.3) is 0 Å². The SMILES string of the molecule is COc1cc2c(cc1OC)CN([C@@H](C)C(=O)Nc1cccc(Cl)c1)CC2. The number of halogens is 1. The van der Waals surface area contributed by atoms with Crippen LogP contribution in [0, 0.1) is 0 Å². The Hall–Kier alpha value is -2.24. The molecule has 1 heterocycles. The van der Waals surface area contributed by atoms with Crippen LogP contribution in [0.15, 0.2) is 36.4 Å². The molecule has 5 nitrogen and oxygen atoms in total. The van der Waals surface area contributed by atoms with Gasteiger partial charge in [0.15, 0.2) is 11.5 Å². The third-order valence-electron chi connectivity index (χ3n) is 4.77. The number of methoxy groups -OCH3 is 2. The van der Waals surface area contributed by atoms with Crippen molar-refractivity contribution in [3.8, 4) is 11.5 Å². The van der Waals surface area contributed by atoms with Crippen molar-refractivity contribution in [3.05, 3.63) is 52.5 Å². The van der Waals surface area contributed by atoms with Gasteiger partial charge in [0.2, 0.25) is 5.91 Å². The molecule has 6 heteroatoms. The Morgan fingerprint density at radius 2 is 1.85 bits per heavy atom. The molecule has 0 saturated carbocycles. The van der Waals surface area contributed by atoms with Crippen molar-refractivity contribution in [1.82, 2.24) is 4.90 Å². The Morgan fingerprint density at radius 3 is 2.50 bits per heavy atom. The molecular formula is C20H23ClN2O3. The van der Waals surface area contributed by atoms with E-state index >= 15 is 0 Å². The third kappa shape index (κ3) is 3.94. The van der Waals surface area contributed by atoms with Crippen LogP contribution >= 0.6 is 11.6 Å². The summed E-state index contributed by atoms with van der Waals surface area (Å²) in [5.41, 5.74) is 3.11. The Morgan fingerprint density at radius 1 is 1.15 bits per heavy atom. The summed E-state index contributed by atoms with van der Waals surface area (Å²) in [6, 6.07) is 11.0. The van der Waals surface area contributed by atoms with Gasteiger partial charge < -0.3 is 14.8 Å². The van der Waals surface area contributed by atoms with Gasteiger partial charge in [-0.25, -0.2) is 0 Å². The lowest BCUT2D eigenvalue weighted by Gasteiger charge is -2.33. The van der Waals surface area contributed by atoms with Crippen LogP contribution in [0.3, 0.4) is 0 Å². The van der Waals surface area contributed by atoms with E-state index in [0.29, 0.717) is 23.0 Å². The number of anilines is 1. The topological polar surface area (TPSA) is 50.8 Å². The van der Waals surface area contributed by atoms with Crippen molar-refractivity contribution in [2.45, 2.75) is 25.9 Å². The van der Waals surface area contributed by atoms with Gasteiger partial charge in [-0.05, 0) is 54.8 Å². The highest BCUT2D eigenvalue weighted by Gasteiger charge is 2.26. The number of hydrogen-bond donors (Lipinski definition) is 1. The lowest BCUT2D eigenvalue weighted by Crippen LogP contribution is -2.44. The number of carbonyl (C=O) groups is 1. The average Bonchev–Trinajstić information content (AvgIpc) is 2.65. The molecule has 138 valence electrons. The zero-order chi connectivity index (χ0) is 18.7. The van der Waals surface area contributed by atoms with Gasteiger partial charge in [0.25, 0.3) is 0 Å². The van der Waals surface area contributed by atoms with E-state index in [4.69, 9.17) is 21.1 Å². The normalized spacial score (nSPS) is 15.1. The van der Waals surface area contributed by atoms with Crippen LogP contribution in [0.4, 0.5) is 5.69 Å². The molecule has 2 aromatic rings. The number of rotatable bonds is 5. The van der Waals surface area contributed by atoms with Gasteiger partial charge in [0.1, 0.15) is 0 Å². The quantitative estimate of drug-likeness (QED) is 0.866. The molecule has 1 amide bonds. The molecule has 0 unspecified atom stereocenters. The maximum Gasteiger partial charge on any atom is 0.241 e. The molecule has 0 aromatic heterocycles. The largest absolute Gasteiger partial charge is 0.493 e. The van der Waals surface area contributed by atoms with Crippen molar-refractivity contribution in [3.63, 3.8) is 0 Å². The molecule has 0 bridgehead atoms. The molecule has 0 fully saturated rings. The zero-order valence-corrected chi connectivity index (χ0v) is 16.0. The summed E-state index contributed by atoms with van der Waals surface area (Å²) in [4.78, 5) is 14.8. The number of carbonyl (C=O) groups excluding carboxylic acids is 1. The standard InChI is InChI=1S/C20H23ClN2O3/c1-13(20(24)22-17-6-4-5-16(21)11-17)23-8-7-14-9-18(25-2)19(26-3)10-15(14)12-23/h4-6,9-11,13H,7-8,12H2,1-3H3,(H,22,24)/t13-/m0/s1. The summed E-state index contributed by atoms with van der Waals surface area (Å²) < 4.78 is 10.8. The van der Waals surface area contributed by atoms with Gasteiger partial charge in [0, 0.05) is 23.8 Å². The molecule has 1 aliphatic heterocycles. The Bertz CT molecular complexity index is 810. The maximum absolute atomic E-state index is 12.6. The van der Waals surface area contributed by atoms with Crippen molar-refractivity contribution < 1.29 is 14.3 Å². The average molecular weight is 375 g/mol. The first-order valence-corrected chi connectivity index (χ1v) is 8.94. The summed E-state index contributed by atoms with van der Waals surface area (Å²) in [5, 5.41) is 3.54. The maximum atomic E-state index is 12.6. The minimum atomic E-state index is -0.254. The van der Waals surface area contributed by atoms with E-state index in [0.717, 1.165) is 24.3 Å². The first-order valence-electron chi connectivity index (χ1n) is 8.56. The fraction of sp³-hybridized carbons (Fsp3) is 0.350. The van der Waals surface area contributed by atoms with Gasteiger partial charge in [-0.2, -0.15) is 0 Å². The molecule has 2 aromatic carbocycles. The lowest BCUT2D eigenvalue weighted by molar-refractivity contribution is -0.121. The number of fused-ring (bicyclic) bond motifs is 1. The van der Waals surface area contributed by atoms with E-state index < -0.39 is 0 Å². The van der Waals surface area contributed by atoms with Crippen molar-refractivity contribution in [2.24, 2.45) is 0 Å². The molecule has 1 aliphatic rings. The number of amides is 1. The third-order valence-corrected chi connectivity index (χ3v) is 5.00. The van der Waals surface area contributed by atoms with Crippen LogP contribution < -0.4 is 14.8 Å². The van der Waals surface area contributed by atoms with Crippen LogP contribution in [0.1, 0.15) is 18.1 Å². The van der Waals surface area contributed by atoms with Crippen LogP contribution in [0.5, 0.6) is 11.5 Å². The smallest absolute Gasteiger partial charge is 0.241 e. The minimum Gasteiger partial charge on any atom is -0.493 e. The second kappa shape index (κ2) is 7.98. The Kier molecular flexibility index (Phi) is 5.69. The molecule has 1 N–H and O–H groups in total. The number of hydrogen-bond acceptors (Lipinski definition) is 4.